The van der Waals surface area contributed by atoms with E-state index < -0.39 is 23.7 Å². The molecule has 9 nitrogen and oxygen atoms in total. The average molecular weight is 737 g/mol. The van der Waals surface area contributed by atoms with Crippen molar-refractivity contribution < 1.29 is 38.5 Å². The number of aromatic hydroxyl groups is 1. The zero-order chi connectivity index (χ0) is 35.4. The van der Waals surface area contributed by atoms with E-state index in [1.807, 2.05) is 48.6 Å². The smallest absolute Gasteiger partial charge is 0.238 e. The van der Waals surface area contributed by atoms with Gasteiger partial charge < -0.3 is 19.3 Å². The third-order valence-corrected chi connectivity index (χ3v) is 10.8. The SMILES string of the molecule is COc1ccc(OC)c(C=Cc2ccc(N3C(=O)[C@H]4[C@H](CC=C5[C@H](c6cc(Br)c(O)c(OC)c6)C6=C(C[C@H]54)C(=O)C(C)=CC6=O)C3=O)cc2)c1. The zero-order valence-corrected chi connectivity index (χ0v) is 29.4. The Balaban J connectivity index is 1.22. The number of ketones is 2. The van der Waals surface area contributed by atoms with Gasteiger partial charge in [0, 0.05) is 28.2 Å². The fourth-order valence-corrected chi connectivity index (χ4v) is 8.28. The molecule has 3 aliphatic carbocycles. The van der Waals surface area contributed by atoms with E-state index in [-0.39, 0.29) is 41.3 Å². The molecule has 1 heterocycles. The molecule has 1 aliphatic heterocycles. The number of carbonyl (C=O) groups is 4. The summed E-state index contributed by atoms with van der Waals surface area (Å²) < 4.78 is 16.6. The zero-order valence-electron chi connectivity index (χ0n) is 27.9. The molecule has 1 fully saturated rings. The molecule has 254 valence electrons. The number of ether oxygens (including phenoxy) is 3. The van der Waals surface area contributed by atoms with Crippen LogP contribution in [-0.4, -0.2) is 49.8 Å². The molecular weight excluding hydrogens is 702 g/mol. The predicted molar refractivity (Wildman–Crippen MR) is 191 cm³/mol. The van der Waals surface area contributed by atoms with Gasteiger partial charge in [0.25, 0.3) is 0 Å². The van der Waals surface area contributed by atoms with Gasteiger partial charge in [-0.05, 0) is 101 Å². The van der Waals surface area contributed by atoms with E-state index >= 15 is 0 Å². The molecule has 50 heavy (non-hydrogen) atoms. The third kappa shape index (κ3) is 5.38. The topological polar surface area (TPSA) is 119 Å². The average Bonchev–Trinajstić information content (AvgIpc) is 3.38. The monoisotopic (exact) mass is 735 g/mol. The molecule has 4 atom stereocenters. The van der Waals surface area contributed by atoms with Crippen molar-refractivity contribution in [3.8, 4) is 23.0 Å². The van der Waals surface area contributed by atoms with Gasteiger partial charge in [-0.15, -0.1) is 0 Å². The van der Waals surface area contributed by atoms with Crippen LogP contribution in [0, 0.1) is 17.8 Å². The molecule has 3 aromatic rings. The number of methoxy groups -OCH3 is 3. The maximum absolute atomic E-state index is 14.3. The quantitative estimate of drug-likeness (QED) is 0.119. The molecular formula is C40H34BrNO8. The van der Waals surface area contributed by atoms with Crippen LogP contribution in [0.4, 0.5) is 5.69 Å². The largest absolute Gasteiger partial charge is 0.503 e. The Bertz CT molecular complexity index is 2110. The number of carbonyl (C=O) groups excluding carboxylic acids is 4. The Labute approximate surface area is 297 Å². The number of hydrogen-bond acceptors (Lipinski definition) is 8. The van der Waals surface area contributed by atoms with Crippen LogP contribution in [0.1, 0.15) is 42.4 Å². The summed E-state index contributed by atoms with van der Waals surface area (Å²) in [5.41, 5.74) is 4.67. The normalized spacial score (nSPS) is 23.0. The summed E-state index contributed by atoms with van der Waals surface area (Å²) in [6, 6.07) is 16.1. The van der Waals surface area contributed by atoms with Crippen molar-refractivity contribution in [1.29, 1.82) is 0 Å². The highest BCUT2D eigenvalue weighted by molar-refractivity contribution is 9.10. The number of allylic oxidation sites excluding steroid dienone is 6. The van der Waals surface area contributed by atoms with Gasteiger partial charge >= 0.3 is 0 Å². The summed E-state index contributed by atoms with van der Waals surface area (Å²) >= 11 is 3.40. The van der Waals surface area contributed by atoms with Gasteiger partial charge in [-0.1, -0.05) is 35.9 Å². The number of nitrogens with zero attached hydrogens (tertiary/aromatic N) is 1. The molecule has 0 spiro atoms. The molecule has 0 bridgehead atoms. The second-order valence-electron chi connectivity index (χ2n) is 12.8. The summed E-state index contributed by atoms with van der Waals surface area (Å²) in [4.78, 5) is 56.8. The molecule has 1 N–H and O–H groups in total. The van der Waals surface area contributed by atoms with Crippen molar-refractivity contribution in [3.05, 3.63) is 110 Å². The molecule has 0 unspecified atom stereocenters. The van der Waals surface area contributed by atoms with E-state index in [1.165, 1.54) is 18.1 Å². The highest BCUT2D eigenvalue weighted by Crippen LogP contribution is 2.56. The first-order valence-electron chi connectivity index (χ1n) is 16.2. The van der Waals surface area contributed by atoms with E-state index in [2.05, 4.69) is 15.9 Å². The minimum absolute atomic E-state index is 0.0916. The maximum atomic E-state index is 14.3. The van der Waals surface area contributed by atoms with E-state index in [1.54, 1.807) is 45.4 Å². The standard InChI is InChI=1S/C40H34BrNO8/c1-20-15-31(43)36-29(37(20)44)19-28-26(34(36)23-17-30(41)38(45)33(18-23)50-4)12-13-27-35(28)40(47)42(39(27)46)24-9-6-21(7-10-24)5-8-22-16-25(48-2)11-14-32(22)49-3/h5-12,14-18,27-28,34-35,45H,13,19H2,1-4H3/t27-,28+,34-,35-/m0/s1. The molecule has 3 aromatic carbocycles. The lowest BCUT2D eigenvalue weighted by Gasteiger charge is -2.42. The number of phenols is 1. The van der Waals surface area contributed by atoms with Crippen LogP contribution in [-0.2, 0) is 19.2 Å². The summed E-state index contributed by atoms with van der Waals surface area (Å²) in [6.45, 7) is 1.62. The Morgan fingerprint density at radius 1 is 0.860 bits per heavy atom. The molecule has 0 aromatic heterocycles. The number of benzene rings is 3. The highest BCUT2D eigenvalue weighted by Gasteiger charge is 2.56. The number of Topliss-reactive ketones (excluding diaryl/α,β-unsaturated/α-hetero) is 1. The predicted octanol–water partition coefficient (Wildman–Crippen LogP) is 6.99. The van der Waals surface area contributed by atoms with E-state index in [9.17, 15) is 24.3 Å². The second kappa shape index (κ2) is 12.9. The van der Waals surface area contributed by atoms with Crippen LogP contribution in [0.25, 0.3) is 12.2 Å². The van der Waals surface area contributed by atoms with Gasteiger partial charge in [-0.3, -0.25) is 24.1 Å². The number of anilines is 1. The van der Waals surface area contributed by atoms with Crippen molar-refractivity contribution in [2.75, 3.05) is 26.2 Å². The highest BCUT2D eigenvalue weighted by atomic mass is 79.9. The second-order valence-corrected chi connectivity index (χ2v) is 13.7. The minimum atomic E-state index is -0.712. The first kappa shape index (κ1) is 33.3. The lowest BCUT2D eigenvalue weighted by Crippen LogP contribution is -2.39. The summed E-state index contributed by atoms with van der Waals surface area (Å²) in [5.74, 6) is -2.08. The van der Waals surface area contributed by atoms with Gasteiger partial charge in [-0.2, -0.15) is 0 Å². The van der Waals surface area contributed by atoms with E-state index in [0.29, 0.717) is 50.4 Å². The summed E-state index contributed by atoms with van der Waals surface area (Å²) in [6.07, 6.45) is 7.64. The number of amides is 2. The number of fused-ring (bicyclic) bond motifs is 3. The van der Waals surface area contributed by atoms with Crippen molar-refractivity contribution in [2.24, 2.45) is 17.8 Å². The lowest BCUT2D eigenvalue weighted by molar-refractivity contribution is -0.123. The van der Waals surface area contributed by atoms with E-state index in [4.69, 9.17) is 14.2 Å². The van der Waals surface area contributed by atoms with Crippen LogP contribution in [0.2, 0.25) is 0 Å². The Morgan fingerprint density at radius 3 is 2.30 bits per heavy atom. The molecule has 1 saturated heterocycles. The molecule has 2 amide bonds. The first-order valence-corrected chi connectivity index (χ1v) is 17.0. The van der Waals surface area contributed by atoms with Crippen LogP contribution in [0.5, 0.6) is 23.0 Å². The molecule has 4 aliphatic rings. The lowest BCUT2D eigenvalue weighted by atomic mass is 9.59. The van der Waals surface area contributed by atoms with Crippen LogP contribution >= 0.6 is 15.9 Å². The van der Waals surface area contributed by atoms with Gasteiger partial charge in [0.2, 0.25) is 11.8 Å². The molecule has 0 saturated carbocycles. The number of imide groups is 1. The van der Waals surface area contributed by atoms with Crippen LogP contribution in [0.3, 0.4) is 0 Å². The molecule has 0 radical (unpaired) electrons. The molecule has 10 heteroatoms. The van der Waals surface area contributed by atoms with E-state index in [0.717, 1.165) is 16.7 Å². The number of phenolic OH excluding ortho intramolecular Hbond substituents is 1. The number of hydrogen-bond donors (Lipinski definition) is 1. The first-order chi connectivity index (χ1) is 24.1. The Kier molecular flexibility index (Phi) is 8.59. The Hall–Kier alpha value is -5.22. The minimum Gasteiger partial charge on any atom is -0.503 e. The maximum Gasteiger partial charge on any atom is 0.238 e. The fraction of sp³-hybridized carbons (Fsp3) is 0.250. The van der Waals surface area contributed by atoms with Gasteiger partial charge in [-0.25, -0.2) is 0 Å². The van der Waals surface area contributed by atoms with Crippen molar-refractivity contribution >= 4 is 57.2 Å². The summed E-state index contributed by atoms with van der Waals surface area (Å²) in [7, 11) is 4.64. The van der Waals surface area contributed by atoms with Gasteiger partial charge in [0.15, 0.2) is 23.1 Å². The van der Waals surface area contributed by atoms with Crippen LogP contribution in [0.15, 0.2) is 93.5 Å². The fourth-order valence-electron chi connectivity index (χ4n) is 7.82. The van der Waals surface area contributed by atoms with Crippen LogP contribution < -0.4 is 19.1 Å². The molecule has 7 rings (SSSR count). The van der Waals surface area contributed by atoms with Crippen molar-refractivity contribution in [3.63, 3.8) is 0 Å². The van der Waals surface area contributed by atoms with Gasteiger partial charge in [0.05, 0.1) is 43.3 Å². The number of halogens is 1. The Morgan fingerprint density at radius 2 is 1.60 bits per heavy atom. The van der Waals surface area contributed by atoms with Crippen molar-refractivity contribution in [2.45, 2.75) is 25.7 Å². The third-order valence-electron chi connectivity index (χ3n) is 10.2. The van der Waals surface area contributed by atoms with Gasteiger partial charge in [0.1, 0.15) is 11.5 Å². The number of rotatable bonds is 7. The van der Waals surface area contributed by atoms with Crippen molar-refractivity contribution in [1.82, 2.24) is 0 Å². The summed E-state index contributed by atoms with van der Waals surface area (Å²) in [5, 5.41) is 10.5.